The summed E-state index contributed by atoms with van der Waals surface area (Å²) in [6, 6.07) is 3.28. The van der Waals surface area contributed by atoms with Gasteiger partial charge in [-0.3, -0.25) is 19.0 Å². The van der Waals surface area contributed by atoms with Gasteiger partial charge >= 0.3 is 5.97 Å². The molecule has 8 nitrogen and oxygen atoms in total. The van der Waals surface area contributed by atoms with Crippen molar-refractivity contribution in [3.63, 3.8) is 0 Å². The van der Waals surface area contributed by atoms with Gasteiger partial charge in [0.15, 0.2) is 0 Å². The van der Waals surface area contributed by atoms with E-state index in [4.69, 9.17) is 5.11 Å². The van der Waals surface area contributed by atoms with E-state index in [1.165, 1.54) is 16.9 Å². The van der Waals surface area contributed by atoms with E-state index in [1.54, 1.807) is 23.1 Å². The Bertz CT molecular complexity index is 561. The van der Waals surface area contributed by atoms with E-state index in [2.05, 4.69) is 15.5 Å². The molecule has 1 amide bonds. The van der Waals surface area contributed by atoms with Crippen LogP contribution in [0.2, 0.25) is 0 Å². The van der Waals surface area contributed by atoms with Crippen LogP contribution in [0.5, 0.6) is 0 Å². The fourth-order valence-electron chi connectivity index (χ4n) is 1.52. The van der Waals surface area contributed by atoms with Crippen LogP contribution >= 0.6 is 0 Å². The average Bonchev–Trinajstić information content (AvgIpc) is 2.99. The zero-order chi connectivity index (χ0) is 13.7. The maximum Gasteiger partial charge on any atom is 0.325 e. The SMILES string of the molecule is O=C(O)Cn1ccc(C(=O)NCCn2cccn2)n1. The first kappa shape index (κ1) is 12.8. The van der Waals surface area contributed by atoms with E-state index in [1.807, 2.05) is 0 Å². The van der Waals surface area contributed by atoms with Crippen LogP contribution in [0.1, 0.15) is 10.5 Å². The minimum atomic E-state index is -1.01. The van der Waals surface area contributed by atoms with Crippen LogP contribution in [0.3, 0.4) is 0 Å². The second-order valence-electron chi connectivity index (χ2n) is 3.82. The summed E-state index contributed by atoms with van der Waals surface area (Å²) >= 11 is 0. The van der Waals surface area contributed by atoms with Crippen molar-refractivity contribution in [2.45, 2.75) is 13.1 Å². The zero-order valence-electron chi connectivity index (χ0n) is 10.1. The van der Waals surface area contributed by atoms with Gasteiger partial charge in [-0.15, -0.1) is 0 Å². The number of hydrogen-bond acceptors (Lipinski definition) is 4. The third kappa shape index (κ3) is 3.66. The van der Waals surface area contributed by atoms with Crippen molar-refractivity contribution in [2.75, 3.05) is 6.54 Å². The summed E-state index contributed by atoms with van der Waals surface area (Å²) in [6.07, 6.45) is 4.92. The molecule has 0 unspecified atom stereocenters. The predicted molar refractivity (Wildman–Crippen MR) is 64.4 cm³/mol. The van der Waals surface area contributed by atoms with E-state index in [0.29, 0.717) is 13.1 Å². The van der Waals surface area contributed by atoms with E-state index in [9.17, 15) is 9.59 Å². The number of nitrogens with zero attached hydrogens (tertiary/aromatic N) is 4. The molecule has 2 rings (SSSR count). The Kier molecular flexibility index (Phi) is 3.91. The van der Waals surface area contributed by atoms with Gasteiger partial charge in [0.2, 0.25) is 0 Å². The van der Waals surface area contributed by atoms with Crippen molar-refractivity contribution in [3.8, 4) is 0 Å². The molecular formula is C11H13N5O3. The third-order valence-electron chi connectivity index (χ3n) is 2.36. The molecule has 0 saturated heterocycles. The van der Waals surface area contributed by atoms with Gasteiger partial charge in [0.25, 0.3) is 5.91 Å². The molecule has 2 heterocycles. The number of carboxylic acids is 1. The molecule has 0 aromatic carbocycles. The maximum atomic E-state index is 11.7. The summed E-state index contributed by atoms with van der Waals surface area (Å²) in [5.74, 6) is -1.34. The van der Waals surface area contributed by atoms with E-state index < -0.39 is 5.97 Å². The molecular weight excluding hydrogens is 250 g/mol. The molecule has 0 saturated carbocycles. The van der Waals surface area contributed by atoms with Gasteiger partial charge in [-0.25, -0.2) is 0 Å². The predicted octanol–water partition coefficient (Wildman–Crippen LogP) is -0.406. The van der Waals surface area contributed by atoms with Gasteiger partial charge < -0.3 is 10.4 Å². The standard InChI is InChI=1S/C11H13N5O3/c17-10(18)8-16-6-2-9(14-16)11(19)12-4-7-15-5-1-3-13-15/h1-3,5-6H,4,7-8H2,(H,12,19)(H,17,18). The Morgan fingerprint density at radius 1 is 1.32 bits per heavy atom. The fourth-order valence-corrected chi connectivity index (χ4v) is 1.52. The lowest BCUT2D eigenvalue weighted by atomic mass is 10.4. The fraction of sp³-hybridized carbons (Fsp3) is 0.273. The molecule has 0 aliphatic carbocycles. The van der Waals surface area contributed by atoms with E-state index in [-0.39, 0.29) is 18.1 Å². The summed E-state index contributed by atoms with van der Waals surface area (Å²) in [7, 11) is 0. The number of nitrogens with one attached hydrogen (secondary N) is 1. The first-order chi connectivity index (χ1) is 9.15. The smallest absolute Gasteiger partial charge is 0.325 e. The highest BCUT2D eigenvalue weighted by atomic mass is 16.4. The number of carbonyl (C=O) groups is 2. The third-order valence-corrected chi connectivity index (χ3v) is 2.36. The molecule has 2 aromatic heterocycles. The number of carbonyl (C=O) groups excluding carboxylic acids is 1. The second kappa shape index (κ2) is 5.80. The molecule has 100 valence electrons. The largest absolute Gasteiger partial charge is 0.480 e. The number of rotatable bonds is 6. The van der Waals surface area contributed by atoms with Crippen molar-refractivity contribution in [1.29, 1.82) is 0 Å². The molecule has 0 radical (unpaired) electrons. The minimum absolute atomic E-state index is 0.196. The molecule has 0 fully saturated rings. The lowest BCUT2D eigenvalue weighted by Crippen LogP contribution is -2.28. The molecule has 0 aliphatic heterocycles. The van der Waals surface area contributed by atoms with E-state index >= 15 is 0 Å². The number of hydrogen-bond donors (Lipinski definition) is 2. The highest BCUT2D eigenvalue weighted by Gasteiger charge is 2.09. The summed E-state index contributed by atoms with van der Waals surface area (Å²) < 4.78 is 2.90. The molecule has 0 aliphatic rings. The van der Waals surface area contributed by atoms with Gasteiger partial charge in [-0.1, -0.05) is 0 Å². The molecule has 0 bridgehead atoms. The van der Waals surface area contributed by atoms with Gasteiger partial charge in [0, 0.05) is 25.1 Å². The Morgan fingerprint density at radius 2 is 2.16 bits per heavy atom. The maximum absolute atomic E-state index is 11.7. The van der Waals surface area contributed by atoms with Crippen LogP contribution in [-0.2, 0) is 17.9 Å². The number of carboxylic acid groups (broad SMARTS) is 1. The van der Waals surface area contributed by atoms with Gasteiger partial charge in [-0.05, 0) is 12.1 Å². The Hall–Kier alpha value is -2.64. The zero-order valence-corrected chi connectivity index (χ0v) is 10.1. The normalized spacial score (nSPS) is 10.3. The van der Waals surface area contributed by atoms with E-state index in [0.717, 1.165) is 0 Å². The number of aromatic nitrogens is 4. The Labute approximate surface area is 108 Å². The second-order valence-corrected chi connectivity index (χ2v) is 3.82. The lowest BCUT2D eigenvalue weighted by molar-refractivity contribution is -0.137. The molecule has 2 aromatic rings. The molecule has 2 N–H and O–H groups in total. The molecule has 0 atom stereocenters. The molecule has 19 heavy (non-hydrogen) atoms. The number of amides is 1. The minimum Gasteiger partial charge on any atom is -0.480 e. The Morgan fingerprint density at radius 3 is 2.84 bits per heavy atom. The first-order valence-corrected chi connectivity index (χ1v) is 5.66. The Balaban J connectivity index is 1.82. The summed E-state index contributed by atoms with van der Waals surface area (Å²) in [6.45, 7) is 0.724. The van der Waals surface area contributed by atoms with Crippen LogP contribution in [0.25, 0.3) is 0 Å². The van der Waals surface area contributed by atoms with Crippen LogP contribution in [0.4, 0.5) is 0 Å². The first-order valence-electron chi connectivity index (χ1n) is 5.66. The van der Waals surface area contributed by atoms with Crippen molar-refractivity contribution in [1.82, 2.24) is 24.9 Å². The van der Waals surface area contributed by atoms with Gasteiger partial charge in [-0.2, -0.15) is 10.2 Å². The van der Waals surface area contributed by atoms with Crippen molar-refractivity contribution >= 4 is 11.9 Å². The monoisotopic (exact) mass is 263 g/mol. The van der Waals surface area contributed by atoms with Crippen LogP contribution in [-0.4, -0.2) is 43.1 Å². The molecule has 8 heteroatoms. The van der Waals surface area contributed by atoms with Crippen LogP contribution < -0.4 is 5.32 Å². The van der Waals surface area contributed by atoms with Crippen molar-refractivity contribution < 1.29 is 14.7 Å². The average molecular weight is 263 g/mol. The van der Waals surface area contributed by atoms with Gasteiger partial charge in [0.05, 0.1) is 6.54 Å². The van der Waals surface area contributed by atoms with Crippen molar-refractivity contribution in [3.05, 3.63) is 36.4 Å². The highest BCUT2D eigenvalue weighted by Crippen LogP contribution is 1.95. The highest BCUT2D eigenvalue weighted by molar-refractivity contribution is 5.92. The van der Waals surface area contributed by atoms with Crippen LogP contribution in [0.15, 0.2) is 30.7 Å². The van der Waals surface area contributed by atoms with Crippen LogP contribution in [0, 0.1) is 0 Å². The quantitative estimate of drug-likeness (QED) is 0.738. The summed E-state index contributed by atoms with van der Waals surface area (Å²) in [5.41, 5.74) is 0.196. The topological polar surface area (TPSA) is 102 Å². The van der Waals surface area contributed by atoms with Gasteiger partial charge in [0.1, 0.15) is 12.2 Å². The van der Waals surface area contributed by atoms with Crippen molar-refractivity contribution in [2.24, 2.45) is 0 Å². The number of aliphatic carboxylic acids is 1. The molecule has 0 spiro atoms. The lowest BCUT2D eigenvalue weighted by Gasteiger charge is -2.03. The summed E-state index contributed by atoms with van der Waals surface area (Å²) in [5, 5.41) is 19.1. The summed E-state index contributed by atoms with van der Waals surface area (Å²) in [4.78, 5) is 22.2.